The van der Waals surface area contributed by atoms with E-state index in [1.165, 1.54) is 5.56 Å². The van der Waals surface area contributed by atoms with E-state index >= 15 is 0 Å². The van der Waals surface area contributed by atoms with Gasteiger partial charge in [-0.25, -0.2) is 0 Å². The molecule has 0 spiro atoms. The quantitative estimate of drug-likeness (QED) is 0.671. The Bertz CT molecular complexity index is 823. The lowest BCUT2D eigenvalue weighted by Gasteiger charge is -2.09. The van der Waals surface area contributed by atoms with Gasteiger partial charge in [-0.15, -0.1) is 0 Å². The Kier molecular flexibility index (Phi) is 5.21. The Balaban J connectivity index is 2.28. The molecular formula is C18H22N2O2S. The summed E-state index contributed by atoms with van der Waals surface area (Å²) >= 11 is 0. The fourth-order valence-corrected chi connectivity index (χ4v) is 2.98. The fourth-order valence-electron chi connectivity index (χ4n) is 2.15. The summed E-state index contributed by atoms with van der Waals surface area (Å²) in [5.74, 6) is 0. The molecule has 0 atom stereocenters. The van der Waals surface area contributed by atoms with E-state index < -0.39 is 10.0 Å². The molecule has 0 unspecified atom stereocenters. The van der Waals surface area contributed by atoms with Gasteiger partial charge in [-0.1, -0.05) is 36.8 Å². The van der Waals surface area contributed by atoms with Gasteiger partial charge in [0, 0.05) is 0 Å². The molecule has 4 nitrogen and oxygen atoms in total. The lowest BCUT2D eigenvalue weighted by molar-refractivity contribution is 0.584. The van der Waals surface area contributed by atoms with Gasteiger partial charge in [-0.3, -0.25) is 0 Å². The number of nitrogens with zero attached hydrogens (tertiary/aromatic N) is 1. The summed E-state index contributed by atoms with van der Waals surface area (Å²) in [6, 6.07) is 12.7. The van der Waals surface area contributed by atoms with Crippen LogP contribution in [0, 0.1) is 20.8 Å². The molecule has 0 aliphatic heterocycles. The first-order chi connectivity index (χ1) is 10.8. The van der Waals surface area contributed by atoms with Crippen LogP contribution in [0.5, 0.6) is 0 Å². The van der Waals surface area contributed by atoms with Gasteiger partial charge < -0.3 is 0 Å². The van der Waals surface area contributed by atoms with E-state index in [1.807, 2.05) is 45.9 Å². The van der Waals surface area contributed by atoms with E-state index in [9.17, 15) is 8.42 Å². The van der Waals surface area contributed by atoms with Crippen molar-refractivity contribution in [2.24, 2.45) is 5.10 Å². The smallest absolute Gasteiger partial charge is 0.200 e. The highest BCUT2D eigenvalue weighted by Gasteiger charge is 2.13. The predicted molar refractivity (Wildman–Crippen MR) is 94.2 cm³/mol. The number of hydrogen-bond donors (Lipinski definition) is 1. The van der Waals surface area contributed by atoms with Gasteiger partial charge in [-0.2, -0.15) is 18.4 Å². The molecule has 0 aliphatic carbocycles. The zero-order chi connectivity index (χ0) is 17.0. The van der Waals surface area contributed by atoms with Gasteiger partial charge in [0.25, 0.3) is 10.0 Å². The van der Waals surface area contributed by atoms with Crippen LogP contribution in [0.4, 0.5) is 0 Å². The van der Waals surface area contributed by atoms with Gasteiger partial charge in [0.05, 0.1) is 10.6 Å². The maximum absolute atomic E-state index is 12.3. The monoisotopic (exact) mass is 330 g/mol. The van der Waals surface area contributed by atoms with Gasteiger partial charge in [0.15, 0.2) is 0 Å². The Hall–Kier alpha value is -2.14. The molecule has 2 aromatic rings. The molecule has 0 saturated heterocycles. The van der Waals surface area contributed by atoms with Crippen molar-refractivity contribution in [2.45, 2.75) is 39.0 Å². The maximum atomic E-state index is 12.3. The first-order valence-corrected chi connectivity index (χ1v) is 9.04. The zero-order valence-electron chi connectivity index (χ0n) is 13.9. The van der Waals surface area contributed by atoms with Crippen molar-refractivity contribution in [3.05, 3.63) is 64.7 Å². The minimum absolute atomic E-state index is 0.211. The Morgan fingerprint density at radius 3 is 2.22 bits per heavy atom. The van der Waals surface area contributed by atoms with Crippen LogP contribution in [0.1, 0.15) is 35.6 Å². The van der Waals surface area contributed by atoms with E-state index in [-0.39, 0.29) is 4.90 Å². The molecular weight excluding hydrogens is 308 g/mol. The first kappa shape index (κ1) is 17.2. The number of aryl methyl sites for hydroxylation is 3. The minimum atomic E-state index is -3.65. The summed E-state index contributed by atoms with van der Waals surface area (Å²) in [5.41, 5.74) is 5.01. The van der Waals surface area contributed by atoms with Gasteiger partial charge in [0.2, 0.25) is 0 Å². The van der Waals surface area contributed by atoms with Crippen LogP contribution in [0.15, 0.2) is 52.5 Å². The maximum Gasteiger partial charge on any atom is 0.276 e. The summed E-state index contributed by atoms with van der Waals surface area (Å²) in [6.07, 6.45) is 0.638. The highest BCUT2D eigenvalue weighted by atomic mass is 32.2. The number of hydrazone groups is 1. The summed E-state index contributed by atoms with van der Waals surface area (Å²) < 4.78 is 24.6. The summed E-state index contributed by atoms with van der Waals surface area (Å²) in [7, 11) is -3.65. The predicted octanol–water partition coefficient (Wildman–Crippen LogP) is 3.70. The normalized spacial score (nSPS) is 12.3. The molecule has 2 rings (SSSR count). The van der Waals surface area contributed by atoms with Crippen molar-refractivity contribution in [3.63, 3.8) is 0 Å². The van der Waals surface area contributed by atoms with Crippen LogP contribution in [0.25, 0.3) is 0 Å². The second-order valence-corrected chi connectivity index (χ2v) is 7.28. The van der Waals surface area contributed by atoms with Crippen molar-refractivity contribution in [3.8, 4) is 0 Å². The second-order valence-electron chi connectivity index (χ2n) is 5.62. The lowest BCUT2D eigenvalue weighted by Crippen LogP contribution is -2.20. The van der Waals surface area contributed by atoms with Crippen LogP contribution >= 0.6 is 0 Å². The van der Waals surface area contributed by atoms with Crippen LogP contribution in [0.2, 0.25) is 0 Å². The number of nitrogens with one attached hydrogen (secondary N) is 1. The van der Waals surface area contributed by atoms with E-state index in [0.717, 1.165) is 16.7 Å². The molecule has 0 radical (unpaired) electrons. The minimum Gasteiger partial charge on any atom is -0.200 e. The summed E-state index contributed by atoms with van der Waals surface area (Å²) in [6.45, 7) is 7.94. The van der Waals surface area contributed by atoms with Crippen LogP contribution in [0.3, 0.4) is 0 Å². The Morgan fingerprint density at radius 1 is 1.00 bits per heavy atom. The Labute approximate surface area is 138 Å². The first-order valence-electron chi connectivity index (χ1n) is 7.56. The topological polar surface area (TPSA) is 58.5 Å². The number of rotatable bonds is 5. The number of hydrogen-bond acceptors (Lipinski definition) is 3. The second kappa shape index (κ2) is 6.96. The number of sulfonamides is 1. The average Bonchev–Trinajstić information content (AvgIpc) is 2.51. The van der Waals surface area contributed by atoms with E-state index in [0.29, 0.717) is 12.1 Å². The molecule has 0 saturated carbocycles. The van der Waals surface area contributed by atoms with Crippen molar-refractivity contribution < 1.29 is 8.42 Å². The average molecular weight is 330 g/mol. The highest BCUT2D eigenvalue weighted by Crippen LogP contribution is 2.13. The fraction of sp³-hybridized carbons (Fsp3) is 0.278. The van der Waals surface area contributed by atoms with E-state index in [1.54, 1.807) is 24.3 Å². The van der Waals surface area contributed by atoms with Crippen molar-refractivity contribution >= 4 is 15.7 Å². The van der Waals surface area contributed by atoms with E-state index in [2.05, 4.69) is 9.93 Å². The molecule has 23 heavy (non-hydrogen) atoms. The highest BCUT2D eigenvalue weighted by molar-refractivity contribution is 7.89. The largest absolute Gasteiger partial charge is 0.276 e. The van der Waals surface area contributed by atoms with Crippen LogP contribution < -0.4 is 4.83 Å². The molecule has 0 bridgehead atoms. The van der Waals surface area contributed by atoms with Crippen molar-refractivity contribution in [1.29, 1.82) is 0 Å². The van der Waals surface area contributed by atoms with Gasteiger partial charge in [0.1, 0.15) is 0 Å². The SMILES string of the molecule is CC/C(=N\NS(=O)(=O)c1ccc(C)cc1)c1ccc(C)c(C)c1. The third-order valence-corrected chi connectivity index (χ3v) is 5.03. The van der Waals surface area contributed by atoms with Crippen LogP contribution in [-0.4, -0.2) is 14.1 Å². The molecule has 122 valence electrons. The molecule has 0 amide bonds. The van der Waals surface area contributed by atoms with Gasteiger partial charge in [-0.05, 0) is 62.1 Å². The van der Waals surface area contributed by atoms with Gasteiger partial charge >= 0.3 is 0 Å². The molecule has 0 fully saturated rings. The van der Waals surface area contributed by atoms with Crippen molar-refractivity contribution in [1.82, 2.24) is 4.83 Å². The zero-order valence-corrected chi connectivity index (χ0v) is 14.7. The summed E-state index contributed by atoms with van der Waals surface area (Å²) in [5, 5.41) is 4.13. The lowest BCUT2D eigenvalue weighted by atomic mass is 10.0. The molecule has 2 aromatic carbocycles. The molecule has 1 N–H and O–H groups in total. The molecule has 0 aliphatic rings. The summed E-state index contributed by atoms with van der Waals surface area (Å²) in [4.78, 5) is 2.55. The third-order valence-electron chi connectivity index (χ3n) is 3.81. The standard InChI is InChI=1S/C18H22N2O2S/c1-5-18(16-9-8-14(3)15(4)12-16)19-20-23(21,22)17-10-6-13(2)7-11-17/h6-12,20H,5H2,1-4H3/b19-18+. The molecule has 0 heterocycles. The number of benzene rings is 2. The van der Waals surface area contributed by atoms with Crippen LogP contribution in [-0.2, 0) is 10.0 Å². The van der Waals surface area contributed by atoms with Crippen molar-refractivity contribution in [2.75, 3.05) is 0 Å². The molecule has 5 heteroatoms. The van der Waals surface area contributed by atoms with E-state index in [4.69, 9.17) is 0 Å². The Morgan fingerprint density at radius 2 is 1.65 bits per heavy atom. The molecule has 0 aromatic heterocycles. The third kappa shape index (κ3) is 4.20.